The van der Waals surface area contributed by atoms with Gasteiger partial charge in [-0.25, -0.2) is 4.79 Å². The normalized spacial score (nSPS) is 18.9. The number of carbonyl (C=O) groups excluding carboxylic acids is 2. The Morgan fingerprint density at radius 1 is 1.14 bits per heavy atom. The number of rotatable bonds is 2. The number of benzene rings is 1. The van der Waals surface area contributed by atoms with Crippen LogP contribution in [0.2, 0.25) is 0 Å². The average molecular weight is 303 g/mol. The third-order valence-corrected chi connectivity index (χ3v) is 4.23. The van der Waals surface area contributed by atoms with Crippen LogP contribution in [-0.2, 0) is 14.9 Å². The third-order valence-electron chi connectivity index (χ3n) is 4.23. The Morgan fingerprint density at radius 2 is 1.77 bits per heavy atom. The number of methoxy groups -OCH3 is 1. The Bertz CT molecular complexity index is 542. The van der Waals surface area contributed by atoms with Gasteiger partial charge in [0.15, 0.2) is 0 Å². The van der Waals surface area contributed by atoms with Crippen LogP contribution in [0.1, 0.15) is 56.0 Å². The van der Waals surface area contributed by atoms with Crippen LogP contribution in [0.3, 0.4) is 0 Å². The number of hydrogen-bond acceptors (Lipinski definition) is 3. The van der Waals surface area contributed by atoms with Crippen molar-refractivity contribution in [2.45, 2.75) is 51.5 Å². The first kappa shape index (κ1) is 16.5. The molecule has 1 aliphatic rings. The summed E-state index contributed by atoms with van der Waals surface area (Å²) in [5.74, 6) is -0.407. The Labute approximate surface area is 132 Å². The molecular weight excluding hydrogens is 278 g/mol. The van der Waals surface area contributed by atoms with Gasteiger partial charge in [0.05, 0.1) is 7.11 Å². The lowest BCUT2D eigenvalue weighted by molar-refractivity contribution is -0.147. The van der Waals surface area contributed by atoms with Crippen molar-refractivity contribution < 1.29 is 14.3 Å². The zero-order chi connectivity index (χ0) is 16.3. The van der Waals surface area contributed by atoms with E-state index >= 15 is 0 Å². The van der Waals surface area contributed by atoms with E-state index in [1.807, 2.05) is 24.3 Å². The van der Waals surface area contributed by atoms with Crippen molar-refractivity contribution in [3.05, 3.63) is 35.4 Å². The lowest BCUT2D eigenvalue weighted by Crippen LogP contribution is -2.48. The number of ether oxygens (including phenoxy) is 1. The van der Waals surface area contributed by atoms with Crippen molar-refractivity contribution in [3.63, 3.8) is 0 Å². The molecule has 120 valence electrons. The Morgan fingerprint density at radius 3 is 2.32 bits per heavy atom. The van der Waals surface area contributed by atoms with E-state index in [0.717, 1.165) is 12.8 Å². The maximum atomic E-state index is 12.7. The quantitative estimate of drug-likeness (QED) is 0.789. The van der Waals surface area contributed by atoms with E-state index < -0.39 is 6.04 Å². The summed E-state index contributed by atoms with van der Waals surface area (Å²) in [5, 5.41) is 0. The molecule has 1 unspecified atom stereocenters. The van der Waals surface area contributed by atoms with Crippen molar-refractivity contribution in [1.29, 1.82) is 0 Å². The molecule has 1 saturated heterocycles. The van der Waals surface area contributed by atoms with Gasteiger partial charge in [-0.2, -0.15) is 0 Å². The van der Waals surface area contributed by atoms with Crippen molar-refractivity contribution >= 4 is 11.9 Å². The van der Waals surface area contributed by atoms with Gasteiger partial charge in [0, 0.05) is 12.1 Å². The summed E-state index contributed by atoms with van der Waals surface area (Å²) in [6, 6.07) is 7.24. The SMILES string of the molecule is COC(=O)C1CCCCN1C(=O)c1ccc(C(C)(C)C)cc1. The number of likely N-dealkylation sites (tertiary alicyclic amines) is 1. The molecule has 1 fully saturated rings. The van der Waals surface area contributed by atoms with Gasteiger partial charge in [-0.1, -0.05) is 32.9 Å². The van der Waals surface area contributed by atoms with Crippen LogP contribution in [0, 0.1) is 0 Å². The molecule has 4 heteroatoms. The first-order valence-electron chi connectivity index (χ1n) is 7.84. The molecule has 1 heterocycles. The van der Waals surface area contributed by atoms with E-state index in [1.165, 1.54) is 12.7 Å². The molecule has 0 N–H and O–H groups in total. The molecule has 0 saturated carbocycles. The van der Waals surface area contributed by atoms with E-state index in [-0.39, 0.29) is 17.3 Å². The van der Waals surface area contributed by atoms with Crippen LogP contribution >= 0.6 is 0 Å². The monoisotopic (exact) mass is 303 g/mol. The third kappa shape index (κ3) is 3.49. The highest BCUT2D eigenvalue weighted by molar-refractivity contribution is 5.97. The lowest BCUT2D eigenvalue weighted by atomic mass is 9.86. The van der Waals surface area contributed by atoms with Crippen molar-refractivity contribution in [1.82, 2.24) is 4.90 Å². The largest absolute Gasteiger partial charge is 0.467 e. The fourth-order valence-electron chi connectivity index (χ4n) is 2.83. The van der Waals surface area contributed by atoms with Crippen LogP contribution in [0.25, 0.3) is 0 Å². The Kier molecular flexibility index (Phi) is 4.89. The standard InChI is InChI=1S/C18H25NO3/c1-18(2,3)14-10-8-13(9-11-14)16(20)19-12-6-5-7-15(19)17(21)22-4/h8-11,15H,5-7,12H2,1-4H3. The number of carbonyl (C=O) groups is 2. The maximum absolute atomic E-state index is 12.7. The van der Waals surface area contributed by atoms with Crippen LogP contribution in [0.15, 0.2) is 24.3 Å². The first-order valence-corrected chi connectivity index (χ1v) is 7.84. The van der Waals surface area contributed by atoms with E-state index in [0.29, 0.717) is 18.5 Å². The number of esters is 1. The highest BCUT2D eigenvalue weighted by atomic mass is 16.5. The molecule has 4 nitrogen and oxygen atoms in total. The highest BCUT2D eigenvalue weighted by Gasteiger charge is 2.33. The maximum Gasteiger partial charge on any atom is 0.328 e. The molecular formula is C18H25NO3. The summed E-state index contributed by atoms with van der Waals surface area (Å²) in [6.45, 7) is 7.03. The van der Waals surface area contributed by atoms with Crippen molar-refractivity contribution in [2.24, 2.45) is 0 Å². The van der Waals surface area contributed by atoms with Crippen LogP contribution < -0.4 is 0 Å². The number of amides is 1. The second-order valence-corrected chi connectivity index (χ2v) is 6.86. The molecule has 2 rings (SSSR count). The van der Waals surface area contributed by atoms with E-state index in [1.54, 1.807) is 4.90 Å². The molecule has 0 aliphatic carbocycles. The number of nitrogens with zero attached hydrogens (tertiary/aromatic N) is 1. The zero-order valence-corrected chi connectivity index (χ0v) is 13.9. The van der Waals surface area contributed by atoms with Crippen LogP contribution in [-0.4, -0.2) is 36.5 Å². The van der Waals surface area contributed by atoms with Gasteiger partial charge in [0.1, 0.15) is 6.04 Å². The van der Waals surface area contributed by atoms with E-state index in [2.05, 4.69) is 20.8 Å². The predicted octanol–water partition coefficient (Wildman–Crippen LogP) is 3.15. The molecule has 0 radical (unpaired) electrons. The topological polar surface area (TPSA) is 46.6 Å². The van der Waals surface area contributed by atoms with Gasteiger partial charge in [-0.05, 0) is 42.4 Å². The second-order valence-electron chi connectivity index (χ2n) is 6.86. The smallest absolute Gasteiger partial charge is 0.328 e. The molecule has 1 amide bonds. The summed E-state index contributed by atoms with van der Waals surface area (Å²) in [7, 11) is 1.37. The lowest BCUT2D eigenvalue weighted by Gasteiger charge is -2.34. The average Bonchev–Trinajstić information content (AvgIpc) is 2.52. The minimum absolute atomic E-state index is 0.0568. The Balaban J connectivity index is 2.20. The van der Waals surface area contributed by atoms with Crippen molar-refractivity contribution in [2.75, 3.05) is 13.7 Å². The van der Waals surface area contributed by atoms with Crippen LogP contribution in [0.4, 0.5) is 0 Å². The summed E-state index contributed by atoms with van der Waals surface area (Å²) < 4.78 is 4.84. The minimum atomic E-state index is -0.450. The molecule has 1 aromatic carbocycles. The summed E-state index contributed by atoms with van der Waals surface area (Å²) in [6.07, 6.45) is 2.56. The fraction of sp³-hybridized carbons (Fsp3) is 0.556. The van der Waals surface area contributed by atoms with Crippen LogP contribution in [0.5, 0.6) is 0 Å². The van der Waals surface area contributed by atoms with Gasteiger partial charge in [0.25, 0.3) is 5.91 Å². The molecule has 1 aliphatic heterocycles. The van der Waals surface area contributed by atoms with Gasteiger partial charge in [0.2, 0.25) is 0 Å². The minimum Gasteiger partial charge on any atom is -0.467 e. The highest BCUT2D eigenvalue weighted by Crippen LogP contribution is 2.24. The molecule has 0 aromatic heterocycles. The summed E-state index contributed by atoms with van der Waals surface area (Å²) in [4.78, 5) is 26.2. The molecule has 1 atom stereocenters. The van der Waals surface area contributed by atoms with E-state index in [4.69, 9.17) is 4.74 Å². The number of hydrogen-bond donors (Lipinski definition) is 0. The van der Waals surface area contributed by atoms with E-state index in [9.17, 15) is 9.59 Å². The predicted molar refractivity (Wildman–Crippen MR) is 85.8 cm³/mol. The fourth-order valence-corrected chi connectivity index (χ4v) is 2.83. The molecule has 1 aromatic rings. The van der Waals surface area contributed by atoms with Crippen molar-refractivity contribution in [3.8, 4) is 0 Å². The second kappa shape index (κ2) is 6.51. The molecule has 0 spiro atoms. The Hall–Kier alpha value is -1.84. The first-order chi connectivity index (χ1) is 10.3. The van der Waals surface area contributed by atoms with Gasteiger partial charge in [-0.15, -0.1) is 0 Å². The van der Waals surface area contributed by atoms with Gasteiger partial charge >= 0.3 is 5.97 Å². The van der Waals surface area contributed by atoms with Gasteiger partial charge in [-0.3, -0.25) is 4.79 Å². The molecule has 0 bridgehead atoms. The zero-order valence-electron chi connectivity index (χ0n) is 13.9. The van der Waals surface area contributed by atoms with Gasteiger partial charge < -0.3 is 9.64 Å². The summed E-state index contributed by atoms with van der Waals surface area (Å²) in [5.41, 5.74) is 1.87. The number of piperidine rings is 1. The molecule has 22 heavy (non-hydrogen) atoms. The summed E-state index contributed by atoms with van der Waals surface area (Å²) >= 11 is 0.